The molecule has 0 heterocycles. The summed E-state index contributed by atoms with van der Waals surface area (Å²) >= 11 is 0. The number of ether oxygens (including phenoxy) is 1. The number of carbonyl (C=O) groups is 1. The van der Waals surface area contributed by atoms with Crippen molar-refractivity contribution in [3.8, 4) is 5.75 Å². The van der Waals surface area contributed by atoms with Crippen molar-refractivity contribution in [3.63, 3.8) is 0 Å². The van der Waals surface area contributed by atoms with E-state index in [1.165, 1.54) is 24.3 Å². The molecule has 0 saturated carbocycles. The number of benzene rings is 2. The fourth-order valence-electron chi connectivity index (χ4n) is 2.44. The number of nitrogens with one attached hydrogen (secondary N) is 2. The maximum absolute atomic E-state index is 12.6. The number of hydrogen-bond acceptors (Lipinski definition) is 5. The first-order valence-corrected chi connectivity index (χ1v) is 10.3. The molecule has 0 aliphatic rings. The molecule has 1 amide bonds. The number of amides is 1. The summed E-state index contributed by atoms with van der Waals surface area (Å²) < 4.78 is 30.7. The van der Waals surface area contributed by atoms with E-state index in [4.69, 9.17) is 21.6 Å². The summed E-state index contributed by atoms with van der Waals surface area (Å²) in [6.07, 6.45) is -1.67. The lowest BCUT2D eigenvalue weighted by Gasteiger charge is -2.09. The first-order valence-electron chi connectivity index (χ1n) is 10.3. The minimum Gasteiger partial charge on any atom is -0.489 e. The average Bonchev–Trinajstić information content (AvgIpc) is 2.83. The van der Waals surface area contributed by atoms with E-state index in [1.54, 1.807) is 25.1 Å². The van der Waals surface area contributed by atoms with Gasteiger partial charge in [-0.25, -0.2) is 8.78 Å². The van der Waals surface area contributed by atoms with Crippen LogP contribution in [0.15, 0.2) is 64.7 Å². The zero-order chi connectivity index (χ0) is 24.8. The average molecular weight is 460 g/mol. The molecule has 0 unspecified atom stereocenters. The number of aliphatic imine (C=N–C) groups is 1. The van der Waals surface area contributed by atoms with Crippen molar-refractivity contribution >= 4 is 18.0 Å². The molecule has 0 aliphatic carbocycles. The van der Waals surface area contributed by atoms with Crippen LogP contribution in [-0.2, 0) is 11.3 Å². The SMILES string of the molecule is C/C(COc1ccc(C(F)F)cc1)=C(\C=N)C(=O)N=C(N)c1cccc(CN)c1.CCNC. The molecule has 0 bridgehead atoms. The number of nitrogens with two attached hydrogens (primary N) is 2. The van der Waals surface area contributed by atoms with Crippen LogP contribution in [0, 0.1) is 5.41 Å². The molecule has 0 atom stereocenters. The van der Waals surface area contributed by atoms with E-state index < -0.39 is 12.3 Å². The Morgan fingerprint density at radius 3 is 2.39 bits per heavy atom. The minimum absolute atomic E-state index is 0.0113. The summed E-state index contributed by atoms with van der Waals surface area (Å²) in [6.45, 7) is 5.07. The van der Waals surface area contributed by atoms with Gasteiger partial charge in [0.05, 0.1) is 5.57 Å². The Kier molecular flexibility index (Phi) is 12.2. The van der Waals surface area contributed by atoms with E-state index in [1.807, 2.05) is 13.1 Å². The highest BCUT2D eigenvalue weighted by Gasteiger charge is 2.13. The third-order valence-electron chi connectivity index (χ3n) is 4.46. The van der Waals surface area contributed by atoms with Gasteiger partial charge < -0.3 is 26.9 Å². The third-order valence-corrected chi connectivity index (χ3v) is 4.46. The van der Waals surface area contributed by atoms with Crippen LogP contribution in [-0.4, -0.2) is 38.2 Å². The first-order chi connectivity index (χ1) is 15.8. The third kappa shape index (κ3) is 9.30. The van der Waals surface area contributed by atoms with Gasteiger partial charge in [0.2, 0.25) is 0 Å². The van der Waals surface area contributed by atoms with Crippen LogP contribution in [0.5, 0.6) is 5.75 Å². The van der Waals surface area contributed by atoms with Crippen LogP contribution in [0.25, 0.3) is 0 Å². The fraction of sp³-hybridized carbons (Fsp3) is 0.292. The highest BCUT2D eigenvalue weighted by molar-refractivity contribution is 6.17. The quantitative estimate of drug-likeness (QED) is 0.259. The van der Waals surface area contributed by atoms with Gasteiger partial charge in [0.25, 0.3) is 12.3 Å². The van der Waals surface area contributed by atoms with Gasteiger partial charge in [0, 0.05) is 23.9 Å². The maximum Gasteiger partial charge on any atom is 0.280 e. The molecule has 2 rings (SSSR count). The summed E-state index contributed by atoms with van der Waals surface area (Å²) in [6, 6.07) is 12.4. The number of alkyl halides is 2. The molecule has 0 radical (unpaired) electrons. The second-order valence-corrected chi connectivity index (χ2v) is 6.91. The molecule has 0 fully saturated rings. The van der Waals surface area contributed by atoms with Gasteiger partial charge in [-0.2, -0.15) is 4.99 Å². The first kappa shape index (κ1) is 27.6. The molecule has 9 heteroatoms. The largest absolute Gasteiger partial charge is 0.489 e. The van der Waals surface area contributed by atoms with Crippen molar-refractivity contribution in [3.05, 3.63) is 76.4 Å². The van der Waals surface area contributed by atoms with Crippen molar-refractivity contribution in [2.75, 3.05) is 20.2 Å². The Bertz CT molecular complexity index is 971. The van der Waals surface area contributed by atoms with Crippen LogP contribution in [0.1, 0.15) is 37.0 Å². The lowest BCUT2D eigenvalue weighted by Crippen LogP contribution is -2.18. The molecule has 0 aromatic heterocycles. The van der Waals surface area contributed by atoms with E-state index in [0.717, 1.165) is 18.3 Å². The van der Waals surface area contributed by atoms with Gasteiger partial charge in [0.15, 0.2) is 0 Å². The molecule has 7 nitrogen and oxygen atoms in total. The Balaban J connectivity index is 0.00000125. The lowest BCUT2D eigenvalue weighted by molar-refractivity contribution is -0.113. The monoisotopic (exact) mass is 459 g/mol. The van der Waals surface area contributed by atoms with Gasteiger partial charge >= 0.3 is 0 Å². The summed E-state index contributed by atoms with van der Waals surface area (Å²) in [5.41, 5.74) is 13.3. The summed E-state index contributed by atoms with van der Waals surface area (Å²) in [4.78, 5) is 16.3. The fourth-order valence-corrected chi connectivity index (χ4v) is 2.44. The summed E-state index contributed by atoms with van der Waals surface area (Å²) in [5.74, 6) is -0.294. The van der Waals surface area contributed by atoms with Crippen LogP contribution in [0.3, 0.4) is 0 Å². The molecule has 2 aromatic rings. The smallest absolute Gasteiger partial charge is 0.280 e. The van der Waals surface area contributed by atoms with Gasteiger partial charge in [-0.1, -0.05) is 25.1 Å². The Hall–Kier alpha value is -3.43. The van der Waals surface area contributed by atoms with Crippen molar-refractivity contribution < 1.29 is 18.3 Å². The highest BCUT2D eigenvalue weighted by atomic mass is 19.3. The van der Waals surface area contributed by atoms with E-state index in [0.29, 0.717) is 23.4 Å². The van der Waals surface area contributed by atoms with Gasteiger partial charge in [-0.3, -0.25) is 4.79 Å². The number of amidine groups is 1. The molecule has 0 saturated heterocycles. The molecule has 0 aliphatic heterocycles. The highest BCUT2D eigenvalue weighted by Crippen LogP contribution is 2.22. The van der Waals surface area contributed by atoms with Crippen molar-refractivity contribution in [1.29, 1.82) is 5.41 Å². The summed E-state index contributed by atoms with van der Waals surface area (Å²) in [5, 5.41) is 10.5. The molecular formula is C24H31F2N5O2. The predicted molar refractivity (Wildman–Crippen MR) is 128 cm³/mol. The zero-order valence-electron chi connectivity index (χ0n) is 19.1. The standard InChI is InChI=1S/C21H22F2N4O2.C3H9N/c1-13(12-29-17-7-5-15(6-8-17)19(22)23)18(11-25)21(28)27-20(26)16-4-2-3-14(9-16)10-24;1-3-4-2/h2-9,11,19,25H,10,12,24H2,1H3,(H2,26,27,28);4H,3H2,1-2H3/b18-13-,25-11?;. The maximum atomic E-state index is 12.6. The number of rotatable bonds is 9. The second-order valence-electron chi connectivity index (χ2n) is 6.91. The van der Waals surface area contributed by atoms with Gasteiger partial charge in [0.1, 0.15) is 18.2 Å². The molecule has 6 N–H and O–H groups in total. The van der Waals surface area contributed by atoms with Crippen LogP contribution in [0.4, 0.5) is 8.78 Å². The molecular weight excluding hydrogens is 428 g/mol. The topological polar surface area (TPSA) is 127 Å². The van der Waals surface area contributed by atoms with Crippen LogP contribution >= 0.6 is 0 Å². The van der Waals surface area contributed by atoms with E-state index in [-0.39, 0.29) is 23.6 Å². The normalized spacial score (nSPS) is 11.9. The van der Waals surface area contributed by atoms with Crippen molar-refractivity contribution in [1.82, 2.24) is 5.32 Å². The minimum atomic E-state index is -2.55. The summed E-state index contributed by atoms with van der Waals surface area (Å²) in [7, 11) is 1.93. The van der Waals surface area contributed by atoms with E-state index in [2.05, 4.69) is 17.2 Å². The number of carbonyl (C=O) groups excluding carboxylic acids is 1. The van der Waals surface area contributed by atoms with E-state index in [9.17, 15) is 13.6 Å². The van der Waals surface area contributed by atoms with Gasteiger partial charge in [-0.15, -0.1) is 0 Å². The number of nitrogens with zero attached hydrogens (tertiary/aromatic N) is 1. The Morgan fingerprint density at radius 1 is 1.24 bits per heavy atom. The predicted octanol–water partition coefficient (Wildman–Crippen LogP) is 3.59. The van der Waals surface area contributed by atoms with Crippen LogP contribution < -0.4 is 21.5 Å². The number of hydrogen-bond donors (Lipinski definition) is 4. The Labute approximate surface area is 193 Å². The number of halogens is 2. The molecule has 0 spiro atoms. The molecule has 2 aromatic carbocycles. The van der Waals surface area contributed by atoms with Crippen molar-refractivity contribution in [2.45, 2.75) is 26.8 Å². The lowest BCUT2D eigenvalue weighted by atomic mass is 10.1. The van der Waals surface area contributed by atoms with E-state index >= 15 is 0 Å². The molecule has 33 heavy (non-hydrogen) atoms. The van der Waals surface area contributed by atoms with Crippen LogP contribution in [0.2, 0.25) is 0 Å². The Morgan fingerprint density at radius 2 is 1.88 bits per heavy atom. The second kappa shape index (κ2) is 14.6. The van der Waals surface area contributed by atoms with Crippen molar-refractivity contribution in [2.24, 2.45) is 16.5 Å². The van der Waals surface area contributed by atoms with Gasteiger partial charge in [-0.05, 0) is 62.0 Å². The zero-order valence-corrected chi connectivity index (χ0v) is 19.1. The molecule has 178 valence electrons.